The fourth-order valence-electron chi connectivity index (χ4n) is 2.41. The number of aromatic nitrogens is 3. The third-order valence-corrected chi connectivity index (χ3v) is 4.78. The Morgan fingerprint density at radius 2 is 2.04 bits per heavy atom. The van der Waals surface area contributed by atoms with Crippen molar-refractivity contribution in [1.82, 2.24) is 25.4 Å². The van der Waals surface area contributed by atoms with Gasteiger partial charge in [0.15, 0.2) is 11.8 Å². The van der Waals surface area contributed by atoms with Gasteiger partial charge in [0.05, 0.1) is 6.54 Å². The molecule has 0 radical (unpaired) electrons. The minimum Gasteiger partial charge on any atom is -0.357 e. The number of thiophene rings is 1. The average molecular weight is 354 g/mol. The van der Waals surface area contributed by atoms with E-state index in [0.29, 0.717) is 6.54 Å². The molecular weight excluding hydrogens is 332 g/mol. The molecule has 2 N–H and O–H groups in total. The van der Waals surface area contributed by atoms with Crippen LogP contribution in [0.25, 0.3) is 5.69 Å². The van der Waals surface area contributed by atoms with E-state index < -0.39 is 0 Å². The molecule has 0 fully saturated rings. The van der Waals surface area contributed by atoms with E-state index in [4.69, 9.17) is 0 Å². The number of hydrogen-bond donors (Lipinski definition) is 2. The molecule has 0 amide bonds. The van der Waals surface area contributed by atoms with E-state index in [1.165, 1.54) is 10.4 Å². The lowest BCUT2D eigenvalue weighted by atomic mass is 10.3. The molecule has 1 aromatic carbocycles. The second-order valence-electron chi connectivity index (χ2n) is 5.53. The standard InChI is InChI=1S/C18H22N6S/c1-3-19-18(20-11-16-14(2)9-10-25-16)21-12-17-23-22-13-24(17)15-7-5-4-6-8-15/h4-10,13H,3,11-12H2,1-2H3,(H2,19,20,21). The summed E-state index contributed by atoms with van der Waals surface area (Å²) >= 11 is 1.75. The Morgan fingerprint density at radius 3 is 2.76 bits per heavy atom. The summed E-state index contributed by atoms with van der Waals surface area (Å²) in [7, 11) is 0. The molecule has 0 atom stereocenters. The molecule has 0 spiro atoms. The van der Waals surface area contributed by atoms with E-state index in [1.54, 1.807) is 17.7 Å². The van der Waals surface area contributed by atoms with Crippen LogP contribution in [0.2, 0.25) is 0 Å². The summed E-state index contributed by atoms with van der Waals surface area (Å²) in [5.74, 6) is 1.58. The molecule has 0 saturated carbocycles. The van der Waals surface area contributed by atoms with Gasteiger partial charge in [-0.2, -0.15) is 0 Å². The van der Waals surface area contributed by atoms with Crippen molar-refractivity contribution in [3.63, 3.8) is 0 Å². The van der Waals surface area contributed by atoms with Crippen molar-refractivity contribution in [2.45, 2.75) is 26.9 Å². The van der Waals surface area contributed by atoms with E-state index in [1.807, 2.05) is 34.9 Å². The first kappa shape index (κ1) is 17.2. The summed E-state index contributed by atoms with van der Waals surface area (Å²) in [5, 5.41) is 17.0. The van der Waals surface area contributed by atoms with Crippen LogP contribution in [-0.4, -0.2) is 27.3 Å². The lowest BCUT2D eigenvalue weighted by Gasteiger charge is -2.11. The summed E-state index contributed by atoms with van der Waals surface area (Å²) in [6, 6.07) is 12.2. The fraction of sp³-hybridized carbons (Fsp3) is 0.278. The summed E-state index contributed by atoms with van der Waals surface area (Å²) in [6.07, 6.45) is 1.72. The maximum atomic E-state index is 4.65. The zero-order valence-electron chi connectivity index (χ0n) is 14.4. The summed E-state index contributed by atoms with van der Waals surface area (Å²) in [4.78, 5) is 5.96. The second-order valence-corrected chi connectivity index (χ2v) is 6.53. The molecule has 6 nitrogen and oxygen atoms in total. The number of guanidine groups is 1. The van der Waals surface area contributed by atoms with E-state index in [0.717, 1.165) is 30.6 Å². The molecule has 3 rings (SSSR count). The first-order valence-electron chi connectivity index (χ1n) is 8.27. The Hall–Kier alpha value is -2.67. The lowest BCUT2D eigenvalue weighted by molar-refractivity contribution is 0.797. The minimum absolute atomic E-state index is 0.452. The highest BCUT2D eigenvalue weighted by Crippen LogP contribution is 2.14. The van der Waals surface area contributed by atoms with Crippen molar-refractivity contribution < 1.29 is 0 Å². The molecule has 7 heteroatoms. The minimum atomic E-state index is 0.452. The zero-order valence-corrected chi connectivity index (χ0v) is 15.3. The number of nitrogens with zero attached hydrogens (tertiary/aromatic N) is 4. The second kappa shape index (κ2) is 8.43. The van der Waals surface area contributed by atoms with E-state index in [2.05, 4.69) is 51.1 Å². The van der Waals surface area contributed by atoms with Crippen LogP contribution >= 0.6 is 11.3 Å². The van der Waals surface area contributed by atoms with Gasteiger partial charge in [0.1, 0.15) is 12.9 Å². The van der Waals surface area contributed by atoms with Crippen molar-refractivity contribution in [1.29, 1.82) is 0 Å². The highest BCUT2D eigenvalue weighted by Gasteiger charge is 2.07. The molecule has 0 bridgehead atoms. The van der Waals surface area contributed by atoms with Gasteiger partial charge in [-0.25, -0.2) is 4.99 Å². The molecule has 2 aromatic heterocycles. The van der Waals surface area contributed by atoms with Gasteiger partial charge < -0.3 is 10.6 Å². The summed E-state index contributed by atoms with van der Waals surface area (Å²) < 4.78 is 1.95. The van der Waals surface area contributed by atoms with Gasteiger partial charge in [0.25, 0.3) is 0 Å². The number of nitrogens with one attached hydrogen (secondary N) is 2. The van der Waals surface area contributed by atoms with Gasteiger partial charge in [0, 0.05) is 17.1 Å². The number of benzene rings is 1. The SMILES string of the molecule is CCNC(=NCc1nncn1-c1ccccc1)NCc1sccc1C. The van der Waals surface area contributed by atoms with Gasteiger partial charge in [-0.1, -0.05) is 18.2 Å². The molecule has 130 valence electrons. The number of aryl methyl sites for hydroxylation is 1. The van der Waals surface area contributed by atoms with Crippen LogP contribution in [0.1, 0.15) is 23.2 Å². The smallest absolute Gasteiger partial charge is 0.191 e. The topological polar surface area (TPSA) is 67.1 Å². The van der Waals surface area contributed by atoms with Crippen LogP contribution in [0.3, 0.4) is 0 Å². The molecule has 2 heterocycles. The van der Waals surface area contributed by atoms with Crippen molar-refractivity contribution in [3.8, 4) is 5.69 Å². The molecule has 3 aromatic rings. The highest BCUT2D eigenvalue weighted by atomic mass is 32.1. The quantitative estimate of drug-likeness (QED) is 0.528. The van der Waals surface area contributed by atoms with Crippen LogP contribution in [0, 0.1) is 6.92 Å². The molecule has 25 heavy (non-hydrogen) atoms. The van der Waals surface area contributed by atoms with Crippen molar-refractivity contribution in [2.24, 2.45) is 4.99 Å². The van der Waals surface area contributed by atoms with Gasteiger partial charge in [-0.05, 0) is 43.0 Å². The Morgan fingerprint density at radius 1 is 1.20 bits per heavy atom. The van der Waals surface area contributed by atoms with E-state index in [-0.39, 0.29) is 0 Å². The van der Waals surface area contributed by atoms with Crippen molar-refractivity contribution in [2.75, 3.05) is 6.54 Å². The van der Waals surface area contributed by atoms with Crippen LogP contribution < -0.4 is 10.6 Å². The van der Waals surface area contributed by atoms with Crippen LogP contribution in [0.4, 0.5) is 0 Å². The van der Waals surface area contributed by atoms with Gasteiger partial charge in [0.2, 0.25) is 0 Å². The number of aliphatic imine (C=N–C) groups is 1. The summed E-state index contributed by atoms with van der Waals surface area (Å²) in [6.45, 7) is 6.20. The Balaban J connectivity index is 1.70. The monoisotopic (exact) mass is 354 g/mol. The number of hydrogen-bond acceptors (Lipinski definition) is 4. The first-order chi connectivity index (χ1) is 12.3. The fourth-order valence-corrected chi connectivity index (χ4v) is 3.26. The van der Waals surface area contributed by atoms with Gasteiger partial charge in [-0.15, -0.1) is 21.5 Å². The Kier molecular flexibility index (Phi) is 5.79. The predicted octanol–water partition coefficient (Wildman–Crippen LogP) is 2.89. The van der Waals surface area contributed by atoms with Crippen LogP contribution in [-0.2, 0) is 13.1 Å². The van der Waals surface area contributed by atoms with Crippen LogP contribution in [0.15, 0.2) is 53.1 Å². The average Bonchev–Trinajstić information content (AvgIpc) is 3.27. The molecule has 0 aliphatic rings. The number of rotatable bonds is 6. The summed E-state index contributed by atoms with van der Waals surface area (Å²) in [5.41, 5.74) is 2.34. The Labute approximate surface area is 151 Å². The van der Waals surface area contributed by atoms with Gasteiger partial charge in [-0.3, -0.25) is 4.57 Å². The lowest BCUT2D eigenvalue weighted by Crippen LogP contribution is -2.36. The molecule has 0 aliphatic carbocycles. The third-order valence-electron chi connectivity index (χ3n) is 3.76. The maximum absolute atomic E-state index is 4.65. The first-order valence-corrected chi connectivity index (χ1v) is 9.15. The normalized spacial score (nSPS) is 11.5. The molecular formula is C18H22N6S. The molecule has 0 aliphatic heterocycles. The Bertz CT molecular complexity index is 821. The zero-order chi connectivity index (χ0) is 17.5. The molecule has 0 unspecified atom stereocenters. The number of para-hydroxylation sites is 1. The van der Waals surface area contributed by atoms with E-state index >= 15 is 0 Å². The maximum Gasteiger partial charge on any atom is 0.191 e. The van der Waals surface area contributed by atoms with Gasteiger partial charge >= 0.3 is 0 Å². The van der Waals surface area contributed by atoms with Crippen molar-refractivity contribution in [3.05, 3.63) is 64.4 Å². The highest BCUT2D eigenvalue weighted by molar-refractivity contribution is 7.10. The molecule has 0 saturated heterocycles. The van der Waals surface area contributed by atoms with Crippen LogP contribution in [0.5, 0.6) is 0 Å². The largest absolute Gasteiger partial charge is 0.357 e. The van der Waals surface area contributed by atoms with E-state index in [9.17, 15) is 0 Å². The predicted molar refractivity (Wildman–Crippen MR) is 102 cm³/mol. The third kappa shape index (κ3) is 4.45. The van der Waals surface area contributed by atoms with Crippen molar-refractivity contribution >= 4 is 17.3 Å².